The van der Waals surface area contributed by atoms with E-state index in [1.807, 2.05) is 91.9 Å². The Bertz CT molecular complexity index is 1190. The van der Waals surface area contributed by atoms with Crippen molar-refractivity contribution in [3.8, 4) is 0 Å². The minimum absolute atomic E-state index is 0.222. The van der Waals surface area contributed by atoms with Gasteiger partial charge in [-0.2, -0.15) is 0 Å². The largest absolute Gasteiger partial charge is 0.269 e. The maximum absolute atomic E-state index is 13.2. The van der Waals surface area contributed by atoms with E-state index in [9.17, 15) is 9.00 Å². The Morgan fingerprint density at radius 3 is 2.32 bits per heavy atom. The van der Waals surface area contributed by atoms with Gasteiger partial charge in [0.25, 0.3) is 5.91 Å². The minimum Gasteiger partial charge on any atom is -0.269 e. The lowest BCUT2D eigenvalue weighted by molar-refractivity contribution is 0.0966. The number of aromatic nitrogens is 1. The molecule has 0 fully saturated rings. The minimum atomic E-state index is -1.46. The van der Waals surface area contributed by atoms with Gasteiger partial charge in [0.15, 0.2) is 0 Å². The fourth-order valence-electron chi connectivity index (χ4n) is 3.08. The summed E-state index contributed by atoms with van der Waals surface area (Å²) in [6.07, 6.45) is 3.30. The van der Waals surface area contributed by atoms with E-state index >= 15 is 0 Å². The van der Waals surface area contributed by atoms with E-state index in [1.165, 1.54) is 6.08 Å². The molecule has 1 aromatic heterocycles. The molecule has 0 radical (unpaired) electrons. The molecule has 0 amide bonds. The van der Waals surface area contributed by atoms with Crippen molar-refractivity contribution < 1.29 is 9.00 Å². The van der Waals surface area contributed by atoms with Crippen molar-refractivity contribution in [3.05, 3.63) is 102 Å². The summed E-state index contributed by atoms with van der Waals surface area (Å²) in [5, 5.41) is 1.37. The highest BCUT2D eigenvalue weighted by molar-refractivity contribution is 7.85. The van der Waals surface area contributed by atoms with Crippen molar-refractivity contribution >= 4 is 33.7 Å². The zero-order chi connectivity index (χ0) is 19.5. The highest BCUT2D eigenvalue weighted by Gasteiger charge is 2.19. The molecule has 3 aromatic carbocycles. The molecule has 0 saturated heterocycles. The van der Waals surface area contributed by atoms with Crippen molar-refractivity contribution in [1.82, 2.24) is 4.57 Å². The van der Waals surface area contributed by atoms with Gasteiger partial charge in [-0.05, 0) is 42.8 Å². The third kappa shape index (κ3) is 3.59. The zero-order valence-electron chi connectivity index (χ0n) is 15.4. The summed E-state index contributed by atoms with van der Waals surface area (Å²) < 4.78 is 14.8. The Labute approximate surface area is 166 Å². The first-order valence-electron chi connectivity index (χ1n) is 9.00. The van der Waals surface area contributed by atoms with E-state index in [-0.39, 0.29) is 5.91 Å². The molecule has 138 valence electrons. The highest BCUT2D eigenvalue weighted by atomic mass is 32.2. The molecule has 3 nitrogen and oxygen atoms in total. The quantitative estimate of drug-likeness (QED) is 0.437. The number of para-hydroxylation sites is 1. The number of rotatable bonds is 4. The van der Waals surface area contributed by atoms with Gasteiger partial charge in [-0.1, -0.05) is 66.2 Å². The van der Waals surface area contributed by atoms with Gasteiger partial charge in [0.1, 0.15) is 15.8 Å². The molecule has 0 saturated carbocycles. The topological polar surface area (TPSA) is 39.1 Å². The Balaban J connectivity index is 1.79. The van der Waals surface area contributed by atoms with E-state index in [0.717, 1.165) is 22.0 Å². The van der Waals surface area contributed by atoms with E-state index in [4.69, 9.17) is 0 Å². The van der Waals surface area contributed by atoms with Gasteiger partial charge in [-0.25, -0.2) is 4.21 Å². The van der Waals surface area contributed by atoms with Gasteiger partial charge in [-0.3, -0.25) is 9.36 Å². The Kier molecular flexibility index (Phi) is 5.04. The Morgan fingerprint density at radius 1 is 0.893 bits per heavy atom. The first-order chi connectivity index (χ1) is 13.6. The summed E-state index contributed by atoms with van der Waals surface area (Å²) in [6.45, 7) is 1.99. The van der Waals surface area contributed by atoms with Crippen LogP contribution in [0.1, 0.15) is 15.9 Å². The van der Waals surface area contributed by atoms with Crippen LogP contribution in [0.5, 0.6) is 0 Å². The second-order valence-electron chi connectivity index (χ2n) is 6.54. The average molecular weight is 385 g/mol. The lowest BCUT2D eigenvalue weighted by Crippen LogP contribution is -2.12. The summed E-state index contributed by atoms with van der Waals surface area (Å²) in [7, 11) is -1.46. The molecule has 0 spiro atoms. The van der Waals surface area contributed by atoms with Crippen LogP contribution < -0.4 is 0 Å². The number of aryl methyl sites for hydroxylation is 1. The van der Waals surface area contributed by atoms with Crippen LogP contribution in [0.15, 0.2) is 101 Å². The molecule has 0 aliphatic heterocycles. The van der Waals surface area contributed by atoms with Gasteiger partial charge in [0.05, 0.1) is 5.52 Å². The molecule has 4 heteroatoms. The van der Waals surface area contributed by atoms with Crippen LogP contribution >= 0.6 is 0 Å². The summed E-state index contributed by atoms with van der Waals surface area (Å²) in [4.78, 5) is 13.7. The maximum atomic E-state index is 13.2. The van der Waals surface area contributed by atoms with Crippen LogP contribution in [-0.4, -0.2) is 14.7 Å². The summed E-state index contributed by atoms with van der Waals surface area (Å²) >= 11 is 0. The number of benzene rings is 3. The molecule has 4 aromatic rings. The third-order valence-electron chi connectivity index (χ3n) is 4.54. The first-order valence-corrected chi connectivity index (χ1v) is 10.1. The van der Waals surface area contributed by atoms with Crippen LogP contribution in [0.2, 0.25) is 0 Å². The van der Waals surface area contributed by atoms with Gasteiger partial charge >= 0.3 is 0 Å². The van der Waals surface area contributed by atoms with Crippen molar-refractivity contribution in [1.29, 1.82) is 0 Å². The van der Waals surface area contributed by atoms with Crippen LogP contribution in [0.25, 0.3) is 17.0 Å². The molecule has 1 heterocycles. The van der Waals surface area contributed by atoms with Gasteiger partial charge in [0, 0.05) is 16.4 Å². The van der Waals surface area contributed by atoms with Crippen molar-refractivity contribution in [3.63, 3.8) is 0 Å². The molecular weight excluding hydrogens is 366 g/mol. The fraction of sp³-hybridized carbons (Fsp3) is 0.0417. The summed E-state index contributed by atoms with van der Waals surface area (Å²) in [6, 6.07) is 26.6. The lowest BCUT2D eigenvalue weighted by atomic mass is 10.2. The van der Waals surface area contributed by atoms with E-state index < -0.39 is 10.8 Å². The van der Waals surface area contributed by atoms with Gasteiger partial charge < -0.3 is 0 Å². The highest BCUT2D eigenvalue weighted by Crippen LogP contribution is 2.26. The molecule has 0 aliphatic carbocycles. The third-order valence-corrected chi connectivity index (χ3v) is 5.92. The summed E-state index contributed by atoms with van der Waals surface area (Å²) in [5.74, 6) is -0.222. The van der Waals surface area contributed by atoms with Gasteiger partial charge in [0.2, 0.25) is 0 Å². The molecule has 1 atom stereocenters. The molecule has 28 heavy (non-hydrogen) atoms. The number of hydrogen-bond acceptors (Lipinski definition) is 2. The normalized spacial score (nSPS) is 12.5. The van der Waals surface area contributed by atoms with Crippen molar-refractivity contribution in [2.75, 3.05) is 0 Å². The lowest BCUT2D eigenvalue weighted by Gasteiger charge is -2.07. The molecule has 0 N–H and O–H groups in total. The van der Waals surface area contributed by atoms with Crippen molar-refractivity contribution in [2.24, 2.45) is 0 Å². The number of hydrogen-bond donors (Lipinski definition) is 0. The predicted octanol–water partition coefficient (Wildman–Crippen LogP) is 5.47. The second kappa shape index (κ2) is 7.79. The van der Waals surface area contributed by atoms with E-state index in [0.29, 0.717) is 9.92 Å². The van der Waals surface area contributed by atoms with Crippen LogP contribution in [0.4, 0.5) is 0 Å². The van der Waals surface area contributed by atoms with Crippen LogP contribution in [0, 0.1) is 6.92 Å². The molecular formula is C24H19NO2S. The van der Waals surface area contributed by atoms with Crippen LogP contribution in [-0.2, 0) is 10.8 Å². The Morgan fingerprint density at radius 2 is 1.57 bits per heavy atom. The smallest absolute Gasteiger partial charge is 0.256 e. The maximum Gasteiger partial charge on any atom is 0.256 e. The monoisotopic (exact) mass is 385 g/mol. The molecule has 4 rings (SSSR count). The summed E-state index contributed by atoms with van der Waals surface area (Å²) in [5.41, 5.74) is 2.79. The fourth-order valence-corrected chi connectivity index (χ4v) is 4.29. The number of nitrogens with zero attached hydrogens (tertiary/aromatic N) is 1. The van der Waals surface area contributed by atoms with Crippen LogP contribution in [0.3, 0.4) is 0 Å². The average Bonchev–Trinajstić information content (AvgIpc) is 3.12. The predicted molar refractivity (Wildman–Crippen MR) is 114 cm³/mol. The molecule has 0 bridgehead atoms. The van der Waals surface area contributed by atoms with E-state index in [2.05, 4.69) is 0 Å². The standard InChI is InChI=1S/C24H19NO2S/c1-18-11-14-21(15-12-18)28(27)24-17-20-9-5-6-10-22(20)25(24)23(26)16-13-19-7-3-2-4-8-19/h2-17H,1H3/b16-13+. The molecule has 0 aliphatic rings. The number of allylic oxidation sites excluding steroid dienone is 1. The van der Waals surface area contributed by atoms with Gasteiger partial charge in [-0.15, -0.1) is 0 Å². The molecule has 1 unspecified atom stereocenters. The number of carbonyl (C=O) groups is 1. The SMILES string of the molecule is Cc1ccc(S(=O)c2cc3ccccc3n2C(=O)/C=C/c2ccccc2)cc1. The first kappa shape index (κ1) is 18.1. The Hall–Kier alpha value is -3.24. The number of fused-ring (bicyclic) bond motifs is 1. The van der Waals surface area contributed by atoms with E-state index in [1.54, 1.807) is 10.6 Å². The second-order valence-corrected chi connectivity index (χ2v) is 7.97. The number of carbonyl (C=O) groups excluding carboxylic acids is 1. The zero-order valence-corrected chi connectivity index (χ0v) is 16.2. The van der Waals surface area contributed by atoms with Crippen molar-refractivity contribution in [2.45, 2.75) is 16.8 Å².